The third-order valence-corrected chi connectivity index (χ3v) is 3.38. The predicted octanol–water partition coefficient (Wildman–Crippen LogP) is 2.76. The third-order valence-electron chi connectivity index (χ3n) is 3.06. The summed E-state index contributed by atoms with van der Waals surface area (Å²) in [4.78, 5) is 14.2. The normalized spacial score (nSPS) is 13.3. The lowest BCUT2D eigenvalue weighted by Gasteiger charge is -2.32. The van der Waals surface area contributed by atoms with E-state index in [2.05, 4.69) is 5.32 Å². The number of para-hydroxylation sites is 1. The summed E-state index contributed by atoms with van der Waals surface area (Å²) >= 11 is 6.02. The molecule has 1 unspecified atom stereocenters. The number of carbonyl (C=O) groups excluding carboxylic acids is 1. The molecular weight excluding hydrogens is 276 g/mol. The molecule has 1 aromatic carbocycles. The number of amides is 1. The molecule has 5 heteroatoms. The zero-order valence-corrected chi connectivity index (χ0v) is 13.2. The number of carbonyl (C=O) groups is 1. The molecule has 1 amide bonds. The maximum Gasteiger partial charge on any atom is 0.241 e. The van der Waals surface area contributed by atoms with E-state index in [0.717, 1.165) is 0 Å². The van der Waals surface area contributed by atoms with Gasteiger partial charge in [0.15, 0.2) is 0 Å². The molecule has 112 valence electrons. The summed E-state index contributed by atoms with van der Waals surface area (Å²) in [6.45, 7) is 8.36. The van der Waals surface area contributed by atoms with Crippen molar-refractivity contribution in [1.29, 1.82) is 0 Å². The van der Waals surface area contributed by atoms with E-state index in [0.29, 0.717) is 23.8 Å². The van der Waals surface area contributed by atoms with Crippen molar-refractivity contribution < 1.29 is 9.90 Å². The highest BCUT2D eigenvalue weighted by molar-refractivity contribution is 6.33. The van der Waals surface area contributed by atoms with Gasteiger partial charge in [0.1, 0.15) is 0 Å². The largest absolute Gasteiger partial charge is 0.389 e. The van der Waals surface area contributed by atoms with Gasteiger partial charge in [-0.2, -0.15) is 0 Å². The summed E-state index contributed by atoms with van der Waals surface area (Å²) in [5.74, 6) is -0.135. The van der Waals surface area contributed by atoms with Crippen LogP contribution in [-0.4, -0.2) is 40.6 Å². The van der Waals surface area contributed by atoms with Gasteiger partial charge in [0.25, 0.3) is 0 Å². The molecule has 1 rings (SSSR count). The van der Waals surface area contributed by atoms with Crippen LogP contribution in [0.3, 0.4) is 0 Å². The predicted molar refractivity (Wildman–Crippen MR) is 83.1 cm³/mol. The first-order valence-corrected chi connectivity index (χ1v) is 7.14. The van der Waals surface area contributed by atoms with Crippen molar-refractivity contribution in [3.8, 4) is 0 Å². The van der Waals surface area contributed by atoms with Crippen molar-refractivity contribution in [3.63, 3.8) is 0 Å². The van der Waals surface area contributed by atoms with Crippen LogP contribution in [0.15, 0.2) is 24.3 Å². The van der Waals surface area contributed by atoms with Gasteiger partial charge in [-0.15, -0.1) is 0 Å². The molecule has 0 saturated carbocycles. The van der Waals surface area contributed by atoms with Gasteiger partial charge >= 0.3 is 0 Å². The first kappa shape index (κ1) is 17.0. The SMILES string of the molecule is CCN(CC(C)(C)O)C(C)C(=O)Nc1ccccc1Cl. The zero-order chi connectivity index (χ0) is 15.3. The Bertz CT molecular complexity index is 457. The quantitative estimate of drug-likeness (QED) is 0.849. The van der Waals surface area contributed by atoms with Gasteiger partial charge in [0.2, 0.25) is 5.91 Å². The van der Waals surface area contributed by atoms with Gasteiger partial charge in [0, 0.05) is 6.54 Å². The molecule has 2 N–H and O–H groups in total. The molecule has 1 aromatic rings. The Hall–Kier alpha value is -1.10. The van der Waals surface area contributed by atoms with Crippen molar-refractivity contribution in [2.24, 2.45) is 0 Å². The Morgan fingerprint density at radius 2 is 2.05 bits per heavy atom. The molecule has 4 nitrogen and oxygen atoms in total. The number of hydrogen-bond donors (Lipinski definition) is 2. The van der Waals surface area contributed by atoms with Crippen LogP contribution in [0.4, 0.5) is 5.69 Å². The lowest BCUT2D eigenvalue weighted by Crippen LogP contribution is -2.48. The molecule has 0 fully saturated rings. The summed E-state index contributed by atoms with van der Waals surface area (Å²) in [5, 5.41) is 13.2. The lowest BCUT2D eigenvalue weighted by molar-refractivity contribution is -0.121. The molecule has 0 aromatic heterocycles. The fourth-order valence-corrected chi connectivity index (χ4v) is 2.17. The number of likely N-dealkylation sites (N-methyl/N-ethyl adjacent to an activating group) is 1. The molecular formula is C15H23ClN2O2. The van der Waals surface area contributed by atoms with E-state index in [9.17, 15) is 9.90 Å². The summed E-state index contributed by atoms with van der Waals surface area (Å²) in [7, 11) is 0. The van der Waals surface area contributed by atoms with E-state index in [1.807, 2.05) is 30.9 Å². The number of nitrogens with one attached hydrogen (secondary N) is 1. The molecule has 0 aliphatic heterocycles. The average molecular weight is 299 g/mol. The van der Waals surface area contributed by atoms with E-state index in [-0.39, 0.29) is 11.9 Å². The second-order valence-electron chi connectivity index (χ2n) is 5.52. The van der Waals surface area contributed by atoms with Gasteiger partial charge in [-0.05, 0) is 39.4 Å². The average Bonchev–Trinajstić information content (AvgIpc) is 2.36. The smallest absolute Gasteiger partial charge is 0.241 e. The Morgan fingerprint density at radius 1 is 1.45 bits per heavy atom. The van der Waals surface area contributed by atoms with Crippen molar-refractivity contribution >= 4 is 23.2 Å². The number of hydrogen-bond acceptors (Lipinski definition) is 3. The number of nitrogens with zero attached hydrogens (tertiary/aromatic N) is 1. The number of aliphatic hydroxyl groups is 1. The number of anilines is 1. The Kier molecular flexibility index (Phi) is 5.99. The van der Waals surface area contributed by atoms with Crippen molar-refractivity contribution in [3.05, 3.63) is 29.3 Å². The summed E-state index contributed by atoms with van der Waals surface area (Å²) in [5.41, 5.74) is -0.236. The second kappa shape index (κ2) is 7.07. The van der Waals surface area contributed by atoms with Crippen LogP contribution < -0.4 is 5.32 Å². The molecule has 0 spiro atoms. The van der Waals surface area contributed by atoms with E-state index in [1.54, 1.807) is 26.0 Å². The maximum atomic E-state index is 12.3. The van der Waals surface area contributed by atoms with Crippen molar-refractivity contribution in [2.45, 2.75) is 39.3 Å². The topological polar surface area (TPSA) is 52.6 Å². The van der Waals surface area contributed by atoms with Gasteiger partial charge < -0.3 is 10.4 Å². The molecule has 1 atom stereocenters. The van der Waals surface area contributed by atoms with E-state index in [1.165, 1.54) is 0 Å². The number of rotatable bonds is 6. The van der Waals surface area contributed by atoms with E-state index in [4.69, 9.17) is 11.6 Å². The Morgan fingerprint density at radius 3 is 2.55 bits per heavy atom. The minimum absolute atomic E-state index is 0.135. The second-order valence-corrected chi connectivity index (χ2v) is 5.93. The standard InChI is InChI=1S/C15H23ClN2O2/c1-5-18(10-15(3,4)20)11(2)14(19)17-13-9-7-6-8-12(13)16/h6-9,11,20H,5,10H2,1-4H3,(H,17,19). The number of benzene rings is 1. The minimum atomic E-state index is -0.838. The van der Waals surface area contributed by atoms with Gasteiger partial charge in [-0.3, -0.25) is 9.69 Å². The van der Waals surface area contributed by atoms with E-state index >= 15 is 0 Å². The number of halogens is 1. The third kappa shape index (κ3) is 5.12. The summed E-state index contributed by atoms with van der Waals surface area (Å²) in [6, 6.07) is 6.78. The fourth-order valence-electron chi connectivity index (χ4n) is 1.99. The fraction of sp³-hybridized carbons (Fsp3) is 0.533. The Labute approximate surface area is 125 Å². The van der Waals surface area contributed by atoms with Crippen LogP contribution in [0.25, 0.3) is 0 Å². The van der Waals surface area contributed by atoms with Crippen LogP contribution in [0.2, 0.25) is 5.02 Å². The van der Waals surface area contributed by atoms with Gasteiger partial charge in [-0.1, -0.05) is 30.7 Å². The van der Waals surface area contributed by atoms with Gasteiger partial charge in [0.05, 0.1) is 22.4 Å². The molecule has 0 heterocycles. The first-order valence-electron chi connectivity index (χ1n) is 6.76. The monoisotopic (exact) mass is 298 g/mol. The molecule has 0 aliphatic rings. The highest BCUT2D eigenvalue weighted by Crippen LogP contribution is 2.21. The van der Waals surface area contributed by atoms with Crippen LogP contribution >= 0.6 is 11.6 Å². The lowest BCUT2D eigenvalue weighted by atomic mass is 10.1. The highest BCUT2D eigenvalue weighted by Gasteiger charge is 2.25. The Balaban J connectivity index is 2.73. The highest BCUT2D eigenvalue weighted by atomic mass is 35.5. The summed E-state index contributed by atoms with van der Waals surface area (Å²) < 4.78 is 0. The molecule has 20 heavy (non-hydrogen) atoms. The van der Waals surface area contributed by atoms with Crippen LogP contribution in [0.5, 0.6) is 0 Å². The van der Waals surface area contributed by atoms with Crippen LogP contribution in [0.1, 0.15) is 27.7 Å². The molecule has 0 bridgehead atoms. The minimum Gasteiger partial charge on any atom is -0.389 e. The van der Waals surface area contributed by atoms with Crippen LogP contribution in [-0.2, 0) is 4.79 Å². The van der Waals surface area contributed by atoms with Gasteiger partial charge in [-0.25, -0.2) is 0 Å². The maximum absolute atomic E-state index is 12.3. The molecule has 0 aliphatic carbocycles. The summed E-state index contributed by atoms with van der Waals surface area (Å²) in [6.07, 6.45) is 0. The van der Waals surface area contributed by atoms with Crippen LogP contribution in [0, 0.1) is 0 Å². The van der Waals surface area contributed by atoms with Crippen molar-refractivity contribution in [2.75, 3.05) is 18.4 Å². The van der Waals surface area contributed by atoms with E-state index < -0.39 is 5.60 Å². The molecule has 0 radical (unpaired) electrons. The zero-order valence-electron chi connectivity index (χ0n) is 12.5. The van der Waals surface area contributed by atoms with Crippen molar-refractivity contribution in [1.82, 2.24) is 4.90 Å². The molecule has 0 saturated heterocycles. The first-order chi connectivity index (χ1) is 9.24.